The summed E-state index contributed by atoms with van der Waals surface area (Å²) in [7, 11) is 0. The van der Waals surface area contributed by atoms with Gasteiger partial charge in [-0.15, -0.1) is 11.6 Å². The number of fused-ring (bicyclic) bond motifs is 1. The van der Waals surface area contributed by atoms with Crippen molar-refractivity contribution in [3.63, 3.8) is 0 Å². The molecule has 1 nitrogen and oxygen atoms in total. The number of hydrogen-bond donors (Lipinski definition) is 1. The zero-order valence-corrected chi connectivity index (χ0v) is 13.3. The van der Waals surface area contributed by atoms with Gasteiger partial charge in [-0.2, -0.15) is 0 Å². The second kappa shape index (κ2) is 6.21. The van der Waals surface area contributed by atoms with E-state index < -0.39 is 0 Å². The van der Waals surface area contributed by atoms with Gasteiger partial charge in [-0.05, 0) is 48.4 Å². The van der Waals surface area contributed by atoms with Gasteiger partial charge in [0.15, 0.2) is 0 Å². The van der Waals surface area contributed by atoms with Gasteiger partial charge < -0.3 is 5.32 Å². The fourth-order valence-corrected chi connectivity index (χ4v) is 3.31. The molecule has 0 saturated carbocycles. The van der Waals surface area contributed by atoms with Crippen molar-refractivity contribution >= 4 is 11.6 Å². The molecule has 2 aromatic rings. The van der Waals surface area contributed by atoms with Crippen LogP contribution in [-0.4, -0.2) is 5.88 Å². The van der Waals surface area contributed by atoms with Crippen LogP contribution in [0.4, 0.5) is 0 Å². The van der Waals surface area contributed by atoms with E-state index in [1.165, 1.54) is 41.5 Å². The standard InChI is InChI=1S/C19H22ClN/c1-19(14-20,18-8-3-2-4-9-18)21-13-15-10-11-16-6-5-7-17(16)12-15/h2-4,8-12,21H,5-7,13-14H2,1H3. The maximum absolute atomic E-state index is 6.24. The summed E-state index contributed by atoms with van der Waals surface area (Å²) < 4.78 is 0. The summed E-state index contributed by atoms with van der Waals surface area (Å²) in [6.07, 6.45) is 3.77. The van der Waals surface area contributed by atoms with E-state index in [0.29, 0.717) is 5.88 Å². The number of hydrogen-bond acceptors (Lipinski definition) is 1. The highest BCUT2D eigenvalue weighted by Gasteiger charge is 2.24. The summed E-state index contributed by atoms with van der Waals surface area (Å²) in [5, 5.41) is 3.64. The molecular formula is C19H22ClN. The van der Waals surface area contributed by atoms with Crippen molar-refractivity contribution in [3.8, 4) is 0 Å². The number of nitrogens with one attached hydrogen (secondary N) is 1. The summed E-state index contributed by atoms with van der Waals surface area (Å²) in [6.45, 7) is 3.02. The van der Waals surface area contributed by atoms with E-state index >= 15 is 0 Å². The van der Waals surface area contributed by atoms with Crippen molar-refractivity contribution in [2.75, 3.05) is 5.88 Å². The molecule has 0 aliphatic heterocycles. The minimum Gasteiger partial charge on any atom is -0.303 e. The van der Waals surface area contributed by atoms with Crippen LogP contribution in [0.2, 0.25) is 0 Å². The van der Waals surface area contributed by atoms with E-state index in [0.717, 1.165) is 6.54 Å². The van der Waals surface area contributed by atoms with Gasteiger partial charge in [0.05, 0.1) is 5.54 Å². The highest BCUT2D eigenvalue weighted by Crippen LogP contribution is 2.25. The normalized spacial score (nSPS) is 16.5. The zero-order valence-electron chi connectivity index (χ0n) is 12.5. The Labute approximate surface area is 132 Å². The van der Waals surface area contributed by atoms with Crippen LogP contribution in [0.3, 0.4) is 0 Å². The summed E-state index contributed by atoms with van der Waals surface area (Å²) in [5.74, 6) is 0.557. The van der Waals surface area contributed by atoms with Crippen molar-refractivity contribution in [1.82, 2.24) is 5.32 Å². The van der Waals surface area contributed by atoms with Crippen LogP contribution >= 0.6 is 11.6 Å². The van der Waals surface area contributed by atoms with Crippen LogP contribution < -0.4 is 5.32 Å². The Morgan fingerprint density at radius 2 is 1.81 bits per heavy atom. The molecule has 110 valence electrons. The predicted octanol–water partition coefficient (Wildman–Crippen LogP) is 4.42. The van der Waals surface area contributed by atoms with E-state index in [-0.39, 0.29) is 5.54 Å². The summed E-state index contributed by atoms with van der Waals surface area (Å²) >= 11 is 6.24. The largest absolute Gasteiger partial charge is 0.303 e. The Bertz CT molecular complexity index is 608. The molecule has 1 aliphatic carbocycles. The highest BCUT2D eigenvalue weighted by atomic mass is 35.5. The van der Waals surface area contributed by atoms with Crippen molar-refractivity contribution in [3.05, 3.63) is 70.8 Å². The molecule has 0 fully saturated rings. The molecule has 0 bridgehead atoms. The number of alkyl halides is 1. The van der Waals surface area contributed by atoms with Crippen LogP contribution in [0.1, 0.15) is 35.6 Å². The fourth-order valence-electron chi connectivity index (χ4n) is 3.06. The monoisotopic (exact) mass is 299 g/mol. The predicted molar refractivity (Wildman–Crippen MR) is 89.8 cm³/mol. The lowest BCUT2D eigenvalue weighted by Gasteiger charge is -2.29. The molecule has 21 heavy (non-hydrogen) atoms. The molecule has 0 radical (unpaired) electrons. The Hall–Kier alpha value is -1.31. The third kappa shape index (κ3) is 3.14. The molecule has 1 N–H and O–H groups in total. The van der Waals surface area contributed by atoms with E-state index in [1.807, 2.05) is 6.07 Å². The topological polar surface area (TPSA) is 12.0 Å². The molecule has 0 saturated heterocycles. The summed E-state index contributed by atoms with van der Waals surface area (Å²) in [6, 6.07) is 17.3. The smallest absolute Gasteiger partial charge is 0.0545 e. The maximum Gasteiger partial charge on any atom is 0.0545 e. The molecule has 2 heteroatoms. The first kappa shape index (κ1) is 14.6. The summed E-state index contributed by atoms with van der Waals surface area (Å²) in [4.78, 5) is 0. The highest BCUT2D eigenvalue weighted by molar-refractivity contribution is 6.18. The lowest BCUT2D eigenvalue weighted by molar-refractivity contribution is 0.406. The summed E-state index contributed by atoms with van der Waals surface area (Å²) in [5.41, 5.74) is 5.45. The van der Waals surface area contributed by atoms with Gasteiger partial charge >= 0.3 is 0 Å². The van der Waals surface area contributed by atoms with Gasteiger partial charge in [0.2, 0.25) is 0 Å². The van der Waals surface area contributed by atoms with Crippen LogP contribution in [0, 0.1) is 0 Å². The minimum atomic E-state index is -0.193. The average Bonchev–Trinajstić information content (AvgIpc) is 3.01. The van der Waals surface area contributed by atoms with Gasteiger partial charge in [0.25, 0.3) is 0 Å². The number of benzene rings is 2. The lowest BCUT2D eigenvalue weighted by Crippen LogP contribution is -2.40. The molecule has 0 spiro atoms. The second-order valence-corrected chi connectivity index (χ2v) is 6.41. The Balaban J connectivity index is 1.73. The average molecular weight is 300 g/mol. The first-order chi connectivity index (χ1) is 10.2. The van der Waals surface area contributed by atoms with Crippen molar-refractivity contribution in [1.29, 1.82) is 0 Å². The quantitative estimate of drug-likeness (QED) is 0.806. The zero-order chi connectivity index (χ0) is 14.7. The fraction of sp³-hybridized carbons (Fsp3) is 0.368. The molecule has 0 heterocycles. The maximum atomic E-state index is 6.24. The molecule has 0 aromatic heterocycles. The van der Waals surface area contributed by atoms with Crippen molar-refractivity contribution in [2.45, 2.75) is 38.3 Å². The van der Waals surface area contributed by atoms with E-state index in [9.17, 15) is 0 Å². The molecule has 3 rings (SSSR count). The third-order valence-corrected chi connectivity index (χ3v) is 5.06. The van der Waals surface area contributed by atoms with Gasteiger partial charge in [0, 0.05) is 12.4 Å². The Morgan fingerprint density at radius 3 is 2.57 bits per heavy atom. The van der Waals surface area contributed by atoms with Crippen molar-refractivity contribution in [2.24, 2.45) is 0 Å². The van der Waals surface area contributed by atoms with Gasteiger partial charge in [-0.25, -0.2) is 0 Å². The van der Waals surface area contributed by atoms with Crippen LogP contribution in [0.25, 0.3) is 0 Å². The van der Waals surface area contributed by atoms with Gasteiger partial charge in [-0.1, -0.05) is 48.5 Å². The molecule has 1 atom stereocenters. The SMILES string of the molecule is CC(CCl)(NCc1ccc2c(c1)CCC2)c1ccccc1. The third-order valence-electron chi connectivity index (χ3n) is 4.52. The van der Waals surface area contributed by atoms with E-state index in [4.69, 9.17) is 11.6 Å². The molecule has 1 unspecified atom stereocenters. The Morgan fingerprint density at radius 1 is 1.05 bits per heavy atom. The van der Waals surface area contributed by atoms with Crippen LogP contribution in [-0.2, 0) is 24.9 Å². The second-order valence-electron chi connectivity index (χ2n) is 6.14. The minimum absolute atomic E-state index is 0.193. The first-order valence-corrected chi connectivity index (χ1v) is 8.22. The van der Waals surface area contributed by atoms with E-state index in [1.54, 1.807) is 0 Å². The first-order valence-electron chi connectivity index (χ1n) is 7.68. The lowest BCUT2D eigenvalue weighted by atomic mass is 9.93. The van der Waals surface area contributed by atoms with E-state index in [2.05, 4.69) is 54.7 Å². The number of rotatable bonds is 5. The number of halogens is 1. The molecule has 1 aliphatic rings. The van der Waals surface area contributed by atoms with Crippen LogP contribution in [0.15, 0.2) is 48.5 Å². The number of aryl methyl sites for hydroxylation is 2. The molecular weight excluding hydrogens is 278 g/mol. The van der Waals surface area contributed by atoms with Crippen molar-refractivity contribution < 1.29 is 0 Å². The Kier molecular flexibility index (Phi) is 4.32. The van der Waals surface area contributed by atoms with Gasteiger partial charge in [0.1, 0.15) is 0 Å². The molecule has 0 amide bonds. The van der Waals surface area contributed by atoms with Crippen LogP contribution in [0.5, 0.6) is 0 Å². The molecule has 2 aromatic carbocycles. The van der Waals surface area contributed by atoms with Gasteiger partial charge in [-0.3, -0.25) is 0 Å².